The van der Waals surface area contributed by atoms with Crippen molar-refractivity contribution in [3.8, 4) is 0 Å². The van der Waals surface area contributed by atoms with Crippen molar-refractivity contribution in [1.82, 2.24) is 10.2 Å². The Morgan fingerprint density at radius 3 is 2.72 bits per heavy atom. The topological polar surface area (TPSA) is 78.5 Å². The maximum absolute atomic E-state index is 13.2. The molecule has 2 aromatic rings. The zero-order valence-corrected chi connectivity index (χ0v) is 13.3. The summed E-state index contributed by atoms with van der Waals surface area (Å²) in [5.41, 5.74) is 1.40. The van der Waals surface area contributed by atoms with Gasteiger partial charge in [0.15, 0.2) is 0 Å². The Balaban J connectivity index is 1.72. The summed E-state index contributed by atoms with van der Waals surface area (Å²) in [5, 5.41) is 5.29. The van der Waals surface area contributed by atoms with Gasteiger partial charge in [0.2, 0.25) is 5.91 Å². The second-order valence-electron chi connectivity index (χ2n) is 5.63. The van der Waals surface area contributed by atoms with Crippen molar-refractivity contribution in [3.05, 3.63) is 65.5 Å². The van der Waals surface area contributed by atoms with Crippen LogP contribution < -0.4 is 10.6 Å². The fourth-order valence-corrected chi connectivity index (χ4v) is 2.54. The van der Waals surface area contributed by atoms with Gasteiger partial charge in [0, 0.05) is 24.2 Å². The van der Waals surface area contributed by atoms with Crippen LogP contribution in [0.5, 0.6) is 0 Å². The Labute approximate surface area is 143 Å². The van der Waals surface area contributed by atoms with Gasteiger partial charge >= 0.3 is 6.03 Å². The van der Waals surface area contributed by atoms with E-state index in [1.165, 1.54) is 18.2 Å². The quantitative estimate of drug-likeness (QED) is 0.897. The summed E-state index contributed by atoms with van der Waals surface area (Å²) >= 11 is 0. The van der Waals surface area contributed by atoms with Crippen LogP contribution in [0.2, 0.25) is 0 Å². The monoisotopic (exact) mass is 341 g/mol. The summed E-state index contributed by atoms with van der Waals surface area (Å²) in [4.78, 5) is 36.9. The van der Waals surface area contributed by atoms with Gasteiger partial charge in [-0.05, 0) is 35.9 Å². The standard InChI is InChI=1S/C18H16FN3O3/c19-14-5-2-4-13(10-14)17(24)21-15-6-1-3-12(9-15)11-22-16(23)7-8-20-18(22)25/h1-6,9-10H,7-8,11H2,(H,20,25)(H,21,24). The molecule has 0 atom stereocenters. The molecule has 2 N–H and O–H groups in total. The number of anilines is 1. The van der Waals surface area contributed by atoms with Crippen LogP contribution in [-0.2, 0) is 11.3 Å². The molecule has 0 spiro atoms. The first-order valence-corrected chi connectivity index (χ1v) is 7.77. The third-order valence-electron chi connectivity index (χ3n) is 3.77. The van der Waals surface area contributed by atoms with E-state index in [-0.39, 0.29) is 24.4 Å². The number of hydrogen-bond acceptors (Lipinski definition) is 3. The lowest BCUT2D eigenvalue weighted by Crippen LogP contribution is -2.49. The SMILES string of the molecule is O=C(Nc1cccc(CN2C(=O)CCNC2=O)c1)c1cccc(F)c1. The first-order chi connectivity index (χ1) is 12.0. The van der Waals surface area contributed by atoms with Gasteiger partial charge in [-0.1, -0.05) is 18.2 Å². The van der Waals surface area contributed by atoms with E-state index in [2.05, 4.69) is 10.6 Å². The Hall–Kier alpha value is -3.22. The summed E-state index contributed by atoms with van der Waals surface area (Å²) in [6.07, 6.45) is 0.266. The highest BCUT2D eigenvalue weighted by atomic mass is 19.1. The second-order valence-corrected chi connectivity index (χ2v) is 5.63. The average molecular weight is 341 g/mol. The number of nitrogens with zero attached hydrogens (tertiary/aromatic N) is 1. The van der Waals surface area contributed by atoms with Crippen molar-refractivity contribution in [2.75, 3.05) is 11.9 Å². The van der Waals surface area contributed by atoms with Crippen molar-refractivity contribution in [1.29, 1.82) is 0 Å². The number of benzene rings is 2. The highest BCUT2D eigenvalue weighted by Crippen LogP contribution is 2.16. The minimum Gasteiger partial charge on any atom is -0.337 e. The van der Waals surface area contributed by atoms with E-state index < -0.39 is 17.8 Å². The first-order valence-electron chi connectivity index (χ1n) is 7.77. The Bertz CT molecular complexity index is 822. The molecule has 0 bridgehead atoms. The predicted octanol–water partition coefficient (Wildman–Crippen LogP) is 2.52. The van der Waals surface area contributed by atoms with Crippen molar-refractivity contribution < 1.29 is 18.8 Å². The van der Waals surface area contributed by atoms with E-state index in [0.29, 0.717) is 17.8 Å². The molecular weight excluding hydrogens is 325 g/mol. The number of halogens is 1. The Morgan fingerprint density at radius 1 is 1.16 bits per heavy atom. The number of nitrogens with one attached hydrogen (secondary N) is 2. The molecule has 1 heterocycles. The minimum absolute atomic E-state index is 0.119. The summed E-state index contributed by atoms with van der Waals surface area (Å²) in [6, 6.07) is 11.8. The van der Waals surface area contributed by atoms with Gasteiger partial charge < -0.3 is 10.6 Å². The first kappa shape index (κ1) is 16.6. The maximum atomic E-state index is 13.2. The van der Waals surface area contributed by atoms with Crippen molar-refractivity contribution >= 4 is 23.5 Å². The normalized spacial score (nSPS) is 14.2. The zero-order valence-electron chi connectivity index (χ0n) is 13.3. The van der Waals surface area contributed by atoms with Crippen LogP contribution in [0, 0.1) is 5.82 Å². The Kier molecular flexibility index (Phi) is 4.74. The molecule has 0 aromatic heterocycles. The molecule has 0 aliphatic carbocycles. The molecule has 1 fully saturated rings. The highest BCUT2D eigenvalue weighted by Gasteiger charge is 2.25. The van der Waals surface area contributed by atoms with Crippen LogP contribution in [0.1, 0.15) is 22.3 Å². The third-order valence-corrected chi connectivity index (χ3v) is 3.77. The molecule has 1 aliphatic rings. The molecule has 25 heavy (non-hydrogen) atoms. The van der Waals surface area contributed by atoms with Crippen LogP contribution >= 0.6 is 0 Å². The second kappa shape index (κ2) is 7.12. The Morgan fingerprint density at radius 2 is 1.96 bits per heavy atom. The number of hydrogen-bond donors (Lipinski definition) is 2. The lowest BCUT2D eigenvalue weighted by atomic mass is 10.1. The highest BCUT2D eigenvalue weighted by molar-refractivity contribution is 6.04. The molecule has 4 amide bonds. The smallest absolute Gasteiger partial charge is 0.324 e. The van der Waals surface area contributed by atoms with E-state index >= 15 is 0 Å². The lowest BCUT2D eigenvalue weighted by Gasteiger charge is -2.25. The number of carbonyl (C=O) groups is 3. The largest absolute Gasteiger partial charge is 0.337 e. The molecule has 0 saturated carbocycles. The zero-order chi connectivity index (χ0) is 17.8. The van der Waals surface area contributed by atoms with E-state index in [0.717, 1.165) is 11.0 Å². The van der Waals surface area contributed by atoms with Gasteiger partial charge in [0.1, 0.15) is 5.82 Å². The van der Waals surface area contributed by atoms with Crippen molar-refractivity contribution in [2.24, 2.45) is 0 Å². The summed E-state index contributed by atoms with van der Waals surface area (Å²) in [7, 11) is 0. The number of amides is 4. The van der Waals surface area contributed by atoms with Gasteiger partial charge in [-0.2, -0.15) is 0 Å². The summed E-state index contributed by atoms with van der Waals surface area (Å²) in [5.74, 6) is -1.17. The molecule has 0 radical (unpaired) electrons. The van der Waals surface area contributed by atoms with Crippen LogP contribution in [0.3, 0.4) is 0 Å². The summed E-state index contributed by atoms with van der Waals surface area (Å²) in [6.45, 7) is 0.465. The number of rotatable bonds is 4. The molecule has 7 heteroatoms. The van der Waals surface area contributed by atoms with Crippen molar-refractivity contribution in [2.45, 2.75) is 13.0 Å². The molecule has 128 valence electrons. The van der Waals surface area contributed by atoms with Crippen LogP contribution in [0.4, 0.5) is 14.9 Å². The van der Waals surface area contributed by atoms with E-state index in [9.17, 15) is 18.8 Å². The third kappa shape index (κ3) is 4.00. The van der Waals surface area contributed by atoms with Gasteiger partial charge in [-0.3, -0.25) is 14.5 Å². The number of imide groups is 1. The van der Waals surface area contributed by atoms with Gasteiger partial charge in [-0.15, -0.1) is 0 Å². The van der Waals surface area contributed by atoms with Gasteiger partial charge in [0.05, 0.1) is 6.54 Å². The summed E-state index contributed by atoms with van der Waals surface area (Å²) < 4.78 is 13.2. The number of carbonyl (C=O) groups excluding carboxylic acids is 3. The van der Waals surface area contributed by atoms with Crippen LogP contribution in [0.15, 0.2) is 48.5 Å². The van der Waals surface area contributed by atoms with E-state index in [1.54, 1.807) is 24.3 Å². The van der Waals surface area contributed by atoms with Crippen molar-refractivity contribution in [3.63, 3.8) is 0 Å². The van der Waals surface area contributed by atoms with Gasteiger partial charge in [-0.25, -0.2) is 9.18 Å². The lowest BCUT2D eigenvalue weighted by molar-refractivity contribution is -0.129. The predicted molar refractivity (Wildman–Crippen MR) is 89.4 cm³/mol. The van der Waals surface area contributed by atoms with Crippen LogP contribution in [0.25, 0.3) is 0 Å². The van der Waals surface area contributed by atoms with E-state index in [4.69, 9.17) is 0 Å². The molecule has 1 saturated heterocycles. The molecular formula is C18H16FN3O3. The molecule has 2 aromatic carbocycles. The molecule has 6 nitrogen and oxygen atoms in total. The van der Waals surface area contributed by atoms with Crippen LogP contribution in [-0.4, -0.2) is 29.3 Å². The molecule has 0 unspecified atom stereocenters. The molecule has 1 aliphatic heterocycles. The average Bonchev–Trinajstić information content (AvgIpc) is 2.59. The number of urea groups is 1. The molecule has 3 rings (SSSR count). The van der Waals surface area contributed by atoms with Gasteiger partial charge in [0.25, 0.3) is 5.91 Å². The fourth-order valence-electron chi connectivity index (χ4n) is 2.54. The van der Waals surface area contributed by atoms with E-state index in [1.807, 2.05) is 0 Å². The minimum atomic E-state index is -0.490. The fraction of sp³-hybridized carbons (Fsp3) is 0.167. The maximum Gasteiger partial charge on any atom is 0.324 e.